The molecule has 0 aliphatic rings. The highest BCUT2D eigenvalue weighted by Gasteiger charge is 2.11. The Morgan fingerprint density at radius 3 is 2.75 bits per heavy atom. The van der Waals surface area contributed by atoms with Crippen molar-refractivity contribution in [2.24, 2.45) is 5.73 Å². The molecular formula is C11H15ClN2O2. The van der Waals surface area contributed by atoms with Crippen molar-refractivity contribution in [1.29, 1.82) is 0 Å². The first-order chi connectivity index (χ1) is 7.58. The number of hydrogen-bond acceptors (Lipinski definition) is 3. The van der Waals surface area contributed by atoms with Gasteiger partial charge in [0.05, 0.1) is 13.2 Å². The van der Waals surface area contributed by atoms with E-state index in [4.69, 9.17) is 17.3 Å². The third-order valence-electron chi connectivity index (χ3n) is 2.28. The Kier molecular flexibility index (Phi) is 4.58. The van der Waals surface area contributed by atoms with Gasteiger partial charge in [-0.2, -0.15) is 0 Å². The average Bonchev–Trinajstić information content (AvgIpc) is 2.25. The van der Waals surface area contributed by atoms with Crippen LogP contribution in [0.3, 0.4) is 0 Å². The molecule has 88 valence electrons. The molecule has 1 amide bonds. The van der Waals surface area contributed by atoms with Crippen molar-refractivity contribution in [2.45, 2.75) is 13.5 Å². The largest absolute Gasteiger partial charge is 0.392 e. The molecular weight excluding hydrogens is 228 g/mol. The molecule has 0 aliphatic heterocycles. The van der Waals surface area contributed by atoms with Gasteiger partial charge in [-0.25, -0.2) is 0 Å². The first-order valence-corrected chi connectivity index (χ1v) is 5.38. The normalized spacial score (nSPS) is 10.2. The van der Waals surface area contributed by atoms with Crippen LogP contribution in [0.1, 0.15) is 12.5 Å². The summed E-state index contributed by atoms with van der Waals surface area (Å²) in [5.41, 5.74) is 6.63. The van der Waals surface area contributed by atoms with Gasteiger partial charge in [-0.1, -0.05) is 11.6 Å². The molecule has 0 saturated heterocycles. The van der Waals surface area contributed by atoms with Crippen LogP contribution in [0.15, 0.2) is 18.2 Å². The fourth-order valence-corrected chi connectivity index (χ4v) is 1.74. The Morgan fingerprint density at radius 2 is 2.25 bits per heavy atom. The summed E-state index contributed by atoms with van der Waals surface area (Å²) < 4.78 is 0. The third kappa shape index (κ3) is 3.12. The summed E-state index contributed by atoms with van der Waals surface area (Å²) in [6, 6.07) is 5.18. The lowest BCUT2D eigenvalue weighted by Gasteiger charge is -2.23. The highest BCUT2D eigenvalue weighted by molar-refractivity contribution is 6.30. The van der Waals surface area contributed by atoms with Gasteiger partial charge in [0.25, 0.3) is 0 Å². The van der Waals surface area contributed by atoms with E-state index in [0.717, 1.165) is 5.69 Å². The minimum Gasteiger partial charge on any atom is -0.392 e. The van der Waals surface area contributed by atoms with Crippen LogP contribution in [0.4, 0.5) is 5.69 Å². The summed E-state index contributed by atoms with van der Waals surface area (Å²) in [4.78, 5) is 12.7. The van der Waals surface area contributed by atoms with Crippen LogP contribution >= 0.6 is 11.6 Å². The number of halogens is 1. The fourth-order valence-electron chi connectivity index (χ4n) is 1.54. The number of aliphatic hydroxyl groups excluding tert-OH is 1. The van der Waals surface area contributed by atoms with E-state index in [0.29, 0.717) is 17.1 Å². The molecule has 0 bridgehead atoms. The Morgan fingerprint density at radius 1 is 1.56 bits per heavy atom. The lowest BCUT2D eigenvalue weighted by Crippen LogP contribution is -2.34. The van der Waals surface area contributed by atoms with Crippen molar-refractivity contribution in [1.82, 2.24) is 0 Å². The maximum absolute atomic E-state index is 10.9. The molecule has 0 aromatic heterocycles. The van der Waals surface area contributed by atoms with Gasteiger partial charge >= 0.3 is 0 Å². The monoisotopic (exact) mass is 242 g/mol. The SMILES string of the molecule is CCN(CC(N)=O)c1ccc(Cl)cc1CO. The zero-order valence-corrected chi connectivity index (χ0v) is 9.87. The molecule has 0 aliphatic carbocycles. The number of likely N-dealkylation sites (N-methyl/N-ethyl adjacent to an activating group) is 1. The maximum atomic E-state index is 10.9. The lowest BCUT2D eigenvalue weighted by atomic mass is 10.1. The number of hydrogen-bond donors (Lipinski definition) is 2. The minimum atomic E-state index is -0.402. The van der Waals surface area contributed by atoms with Gasteiger partial charge in [-0.15, -0.1) is 0 Å². The van der Waals surface area contributed by atoms with Crippen LogP contribution in [0, 0.1) is 0 Å². The maximum Gasteiger partial charge on any atom is 0.236 e. The van der Waals surface area contributed by atoms with E-state index in [2.05, 4.69) is 0 Å². The van der Waals surface area contributed by atoms with Crippen molar-refractivity contribution in [3.63, 3.8) is 0 Å². The summed E-state index contributed by atoms with van der Waals surface area (Å²) in [6.07, 6.45) is 0. The van der Waals surface area contributed by atoms with Gasteiger partial charge in [0.1, 0.15) is 0 Å². The topological polar surface area (TPSA) is 66.6 Å². The van der Waals surface area contributed by atoms with Gasteiger partial charge in [-0.3, -0.25) is 4.79 Å². The smallest absolute Gasteiger partial charge is 0.236 e. The van der Waals surface area contributed by atoms with E-state index >= 15 is 0 Å². The Labute approximate surface area is 99.6 Å². The van der Waals surface area contributed by atoms with E-state index in [9.17, 15) is 9.90 Å². The second-order valence-corrected chi connectivity index (χ2v) is 3.85. The number of primary amides is 1. The summed E-state index contributed by atoms with van der Waals surface area (Å²) in [5.74, 6) is -0.402. The molecule has 1 rings (SSSR count). The molecule has 0 spiro atoms. The number of nitrogens with two attached hydrogens (primary N) is 1. The molecule has 0 radical (unpaired) electrons. The van der Waals surface area contributed by atoms with E-state index in [1.165, 1.54) is 0 Å². The first kappa shape index (κ1) is 12.8. The van der Waals surface area contributed by atoms with Gasteiger partial charge in [0, 0.05) is 22.8 Å². The summed E-state index contributed by atoms with van der Waals surface area (Å²) in [7, 11) is 0. The predicted molar refractivity (Wildman–Crippen MR) is 64.5 cm³/mol. The van der Waals surface area contributed by atoms with Crippen molar-refractivity contribution in [3.05, 3.63) is 28.8 Å². The molecule has 4 nitrogen and oxygen atoms in total. The zero-order valence-electron chi connectivity index (χ0n) is 9.11. The van der Waals surface area contributed by atoms with E-state index < -0.39 is 5.91 Å². The van der Waals surface area contributed by atoms with Crippen LogP contribution in [0.25, 0.3) is 0 Å². The van der Waals surface area contributed by atoms with Crippen molar-refractivity contribution < 1.29 is 9.90 Å². The standard InChI is InChI=1S/C11H15ClN2O2/c1-2-14(6-11(13)16)10-4-3-9(12)5-8(10)7-15/h3-5,15H,2,6-7H2,1H3,(H2,13,16). The van der Waals surface area contributed by atoms with Gasteiger partial charge in [0.2, 0.25) is 5.91 Å². The second-order valence-electron chi connectivity index (χ2n) is 3.41. The van der Waals surface area contributed by atoms with Gasteiger partial charge in [0.15, 0.2) is 0 Å². The Bertz CT molecular complexity index is 382. The summed E-state index contributed by atoms with van der Waals surface area (Å²) in [5, 5.41) is 9.78. The second kappa shape index (κ2) is 5.72. The molecule has 0 fully saturated rings. The number of aliphatic hydroxyl groups is 1. The van der Waals surface area contributed by atoms with Crippen molar-refractivity contribution in [2.75, 3.05) is 18.0 Å². The van der Waals surface area contributed by atoms with E-state index in [-0.39, 0.29) is 13.2 Å². The van der Waals surface area contributed by atoms with Crippen LogP contribution < -0.4 is 10.6 Å². The van der Waals surface area contributed by atoms with Crippen LogP contribution in [-0.2, 0) is 11.4 Å². The van der Waals surface area contributed by atoms with E-state index in [1.807, 2.05) is 6.92 Å². The molecule has 0 atom stereocenters. The molecule has 16 heavy (non-hydrogen) atoms. The molecule has 3 N–H and O–H groups in total. The summed E-state index contributed by atoms with van der Waals surface area (Å²) in [6.45, 7) is 2.56. The quantitative estimate of drug-likeness (QED) is 0.814. The highest BCUT2D eigenvalue weighted by atomic mass is 35.5. The highest BCUT2D eigenvalue weighted by Crippen LogP contribution is 2.24. The molecule has 0 unspecified atom stereocenters. The number of carbonyl (C=O) groups is 1. The van der Waals surface area contributed by atoms with Crippen LogP contribution in [0.2, 0.25) is 5.02 Å². The summed E-state index contributed by atoms with van der Waals surface area (Å²) >= 11 is 5.83. The third-order valence-corrected chi connectivity index (χ3v) is 2.52. The Balaban J connectivity index is 3.03. The number of anilines is 1. The van der Waals surface area contributed by atoms with E-state index in [1.54, 1.807) is 23.1 Å². The van der Waals surface area contributed by atoms with Crippen molar-refractivity contribution >= 4 is 23.2 Å². The van der Waals surface area contributed by atoms with Crippen LogP contribution in [-0.4, -0.2) is 24.1 Å². The molecule has 5 heteroatoms. The minimum absolute atomic E-state index is 0.120. The van der Waals surface area contributed by atoms with Crippen molar-refractivity contribution in [3.8, 4) is 0 Å². The zero-order chi connectivity index (χ0) is 12.1. The number of nitrogens with zero attached hydrogens (tertiary/aromatic N) is 1. The molecule has 1 aromatic rings. The number of amides is 1. The Hall–Kier alpha value is -1.26. The first-order valence-electron chi connectivity index (χ1n) is 5.01. The fraction of sp³-hybridized carbons (Fsp3) is 0.364. The predicted octanol–water partition coefficient (Wildman–Crippen LogP) is 1.14. The molecule has 0 heterocycles. The number of benzene rings is 1. The van der Waals surface area contributed by atoms with Crippen LogP contribution in [0.5, 0.6) is 0 Å². The van der Waals surface area contributed by atoms with Gasteiger partial charge < -0.3 is 15.7 Å². The number of rotatable bonds is 5. The lowest BCUT2D eigenvalue weighted by molar-refractivity contribution is -0.116. The molecule has 1 aromatic carbocycles. The number of carbonyl (C=O) groups excluding carboxylic acids is 1. The molecule has 0 saturated carbocycles. The van der Waals surface area contributed by atoms with Gasteiger partial charge in [-0.05, 0) is 25.1 Å². The average molecular weight is 243 g/mol.